The zero-order valence-corrected chi connectivity index (χ0v) is 14.7. The van der Waals surface area contributed by atoms with Gasteiger partial charge in [-0.05, 0) is 38.1 Å². The SMILES string of the molecule is Cc1cc(C)cc(-c2nnc3sc(-c4cccc(C(F)(F)F)c4)nn23)c1. The fourth-order valence-electron chi connectivity index (χ4n) is 2.85. The van der Waals surface area contributed by atoms with Gasteiger partial charge in [0, 0.05) is 11.1 Å². The Morgan fingerprint density at radius 3 is 2.35 bits per heavy atom. The maximum Gasteiger partial charge on any atom is 0.416 e. The molecule has 0 saturated heterocycles. The van der Waals surface area contributed by atoms with Crippen molar-refractivity contribution in [3.63, 3.8) is 0 Å². The lowest BCUT2D eigenvalue weighted by molar-refractivity contribution is -0.137. The molecule has 2 heterocycles. The molecule has 8 heteroatoms. The van der Waals surface area contributed by atoms with E-state index in [0.29, 0.717) is 21.4 Å². The van der Waals surface area contributed by atoms with Gasteiger partial charge in [0.1, 0.15) is 5.01 Å². The van der Waals surface area contributed by atoms with Crippen molar-refractivity contribution in [1.82, 2.24) is 19.8 Å². The summed E-state index contributed by atoms with van der Waals surface area (Å²) in [5.74, 6) is 0.571. The normalized spacial score (nSPS) is 12.0. The first-order chi connectivity index (χ1) is 12.3. The Morgan fingerprint density at radius 1 is 0.923 bits per heavy atom. The zero-order chi connectivity index (χ0) is 18.5. The highest BCUT2D eigenvalue weighted by Gasteiger charge is 2.30. The molecule has 132 valence electrons. The summed E-state index contributed by atoms with van der Waals surface area (Å²) < 4.78 is 40.4. The van der Waals surface area contributed by atoms with Crippen molar-refractivity contribution in [1.29, 1.82) is 0 Å². The summed E-state index contributed by atoms with van der Waals surface area (Å²) in [7, 11) is 0. The maximum absolute atomic E-state index is 12.9. The molecule has 0 fully saturated rings. The first-order valence-electron chi connectivity index (χ1n) is 7.80. The topological polar surface area (TPSA) is 43.1 Å². The van der Waals surface area contributed by atoms with Gasteiger partial charge in [0.05, 0.1) is 5.56 Å². The Bertz CT molecular complexity index is 1090. The Balaban J connectivity index is 1.82. The van der Waals surface area contributed by atoms with E-state index in [1.165, 1.54) is 17.4 Å². The van der Waals surface area contributed by atoms with Crippen molar-refractivity contribution in [2.75, 3.05) is 0 Å². The fraction of sp³-hybridized carbons (Fsp3) is 0.167. The lowest BCUT2D eigenvalue weighted by atomic mass is 10.1. The van der Waals surface area contributed by atoms with E-state index in [-0.39, 0.29) is 0 Å². The van der Waals surface area contributed by atoms with E-state index < -0.39 is 11.7 Å². The number of aryl methyl sites for hydroxylation is 2. The molecular weight excluding hydrogens is 361 g/mol. The van der Waals surface area contributed by atoms with Gasteiger partial charge in [-0.1, -0.05) is 40.7 Å². The van der Waals surface area contributed by atoms with E-state index in [1.54, 1.807) is 10.6 Å². The van der Waals surface area contributed by atoms with E-state index >= 15 is 0 Å². The molecule has 0 saturated carbocycles. The van der Waals surface area contributed by atoms with Gasteiger partial charge in [-0.3, -0.25) is 0 Å². The smallest absolute Gasteiger partial charge is 0.182 e. The molecular formula is C18H13F3N4S. The molecule has 0 unspecified atom stereocenters. The predicted molar refractivity (Wildman–Crippen MR) is 94.0 cm³/mol. The van der Waals surface area contributed by atoms with Crippen molar-refractivity contribution in [3.8, 4) is 22.0 Å². The van der Waals surface area contributed by atoms with Crippen LogP contribution in [0.4, 0.5) is 13.2 Å². The Morgan fingerprint density at radius 2 is 1.65 bits per heavy atom. The number of fused-ring (bicyclic) bond motifs is 1. The third-order valence-electron chi connectivity index (χ3n) is 3.91. The van der Waals surface area contributed by atoms with E-state index in [0.717, 1.165) is 28.8 Å². The van der Waals surface area contributed by atoms with Crippen molar-refractivity contribution in [2.24, 2.45) is 0 Å². The van der Waals surface area contributed by atoms with Crippen LogP contribution >= 0.6 is 11.3 Å². The van der Waals surface area contributed by atoms with Crippen LogP contribution in [-0.4, -0.2) is 19.8 Å². The molecule has 2 aromatic carbocycles. The highest BCUT2D eigenvalue weighted by Crippen LogP contribution is 2.34. The molecule has 0 spiro atoms. The standard InChI is InChI=1S/C18H13F3N4S/c1-10-6-11(2)8-13(7-10)15-22-23-17-25(15)24-16(26-17)12-4-3-5-14(9-12)18(19,20)21/h3-9H,1-2H3. The Kier molecular flexibility index (Phi) is 3.80. The second-order valence-corrected chi connectivity index (χ2v) is 7.04. The second kappa shape index (κ2) is 5.91. The van der Waals surface area contributed by atoms with Gasteiger partial charge >= 0.3 is 6.18 Å². The molecule has 0 aliphatic rings. The summed E-state index contributed by atoms with van der Waals surface area (Å²) in [6.07, 6.45) is -4.39. The molecule has 2 aromatic heterocycles. The molecule has 0 aliphatic carbocycles. The van der Waals surface area contributed by atoms with E-state index in [2.05, 4.69) is 21.4 Å². The number of rotatable bonds is 2. The van der Waals surface area contributed by atoms with Gasteiger partial charge in [0.25, 0.3) is 0 Å². The van der Waals surface area contributed by atoms with Gasteiger partial charge in [-0.25, -0.2) is 0 Å². The predicted octanol–water partition coefficient (Wildman–Crippen LogP) is 5.16. The molecule has 4 aromatic rings. The van der Waals surface area contributed by atoms with Crippen LogP contribution in [0.5, 0.6) is 0 Å². The summed E-state index contributed by atoms with van der Waals surface area (Å²) in [5.41, 5.74) is 2.75. The minimum Gasteiger partial charge on any atom is -0.182 e. The van der Waals surface area contributed by atoms with Gasteiger partial charge in [0.15, 0.2) is 5.82 Å². The van der Waals surface area contributed by atoms with Crippen LogP contribution in [0.2, 0.25) is 0 Å². The molecule has 0 radical (unpaired) electrons. The lowest BCUT2D eigenvalue weighted by Gasteiger charge is -2.07. The maximum atomic E-state index is 12.9. The highest BCUT2D eigenvalue weighted by molar-refractivity contribution is 7.19. The molecule has 0 atom stereocenters. The molecule has 0 bridgehead atoms. The third-order valence-corrected chi connectivity index (χ3v) is 4.86. The largest absolute Gasteiger partial charge is 0.416 e. The number of benzene rings is 2. The number of hydrogen-bond donors (Lipinski definition) is 0. The summed E-state index contributed by atoms with van der Waals surface area (Å²) in [6.45, 7) is 3.98. The highest BCUT2D eigenvalue weighted by atomic mass is 32.1. The van der Waals surface area contributed by atoms with Crippen molar-refractivity contribution < 1.29 is 13.2 Å². The summed E-state index contributed by atoms with van der Waals surface area (Å²) in [4.78, 5) is 0.534. The van der Waals surface area contributed by atoms with Crippen LogP contribution in [0, 0.1) is 13.8 Å². The summed E-state index contributed by atoms with van der Waals surface area (Å²) in [5, 5.41) is 13.2. The van der Waals surface area contributed by atoms with Crippen LogP contribution < -0.4 is 0 Å². The van der Waals surface area contributed by atoms with E-state index in [9.17, 15) is 13.2 Å². The first-order valence-corrected chi connectivity index (χ1v) is 8.61. The average Bonchev–Trinajstić information content (AvgIpc) is 3.13. The lowest BCUT2D eigenvalue weighted by Crippen LogP contribution is -2.04. The first kappa shape index (κ1) is 16.7. The van der Waals surface area contributed by atoms with E-state index in [1.807, 2.05) is 26.0 Å². The van der Waals surface area contributed by atoms with Gasteiger partial charge in [-0.15, -0.1) is 10.2 Å². The molecule has 0 amide bonds. The summed E-state index contributed by atoms with van der Waals surface area (Å²) >= 11 is 1.20. The average molecular weight is 374 g/mol. The van der Waals surface area contributed by atoms with Crippen molar-refractivity contribution >= 4 is 16.3 Å². The van der Waals surface area contributed by atoms with Gasteiger partial charge < -0.3 is 0 Å². The zero-order valence-electron chi connectivity index (χ0n) is 13.9. The summed E-state index contributed by atoms with van der Waals surface area (Å²) in [6, 6.07) is 11.1. The van der Waals surface area contributed by atoms with Crippen LogP contribution in [0.15, 0.2) is 42.5 Å². The monoisotopic (exact) mass is 374 g/mol. The van der Waals surface area contributed by atoms with Gasteiger partial charge in [-0.2, -0.15) is 22.8 Å². The van der Waals surface area contributed by atoms with Crippen LogP contribution in [-0.2, 0) is 6.18 Å². The molecule has 0 N–H and O–H groups in total. The number of nitrogens with zero attached hydrogens (tertiary/aromatic N) is 4. The van der Waals surface area contributed by atoms with Crippen molar-refractivity contribution in [2.45, 2.75) is 20.0 Å². The number of aromatic nitrogens is 4. The Hall–Kier alpha value is -2.74. The minimum atomic E-state index is -4.39. The quantitative estimate of drug-likeness (QED) is 0.487. The second-order valence-electron chi connectivity index (χ2n) is 6.08. The molecule has 26 heavy (non-hydrogen) atoms. The molecule has 4 rings (SSSR count). The minimum absolute atomic E-state index is 0.404. The van der Waals surface area contributed by atoms with Crippen LogP contribution in [0.3, 0.4) is 0 Å². The number of hydrogen-bond acceptors (Lipinski definition) is 4. The number of halogens is 3. The van der Waals surface area contributed by atoms with Crippen LogP contribution in [0.25, 0.3) is 26.9 Å². The fourth-order valence-corrected chi connectivity index (χ4v) is 3.68. The van der Waals surface area contributed by atoms with Crippen LogP contribution in [0.1, 0.15) is 16.7 Å². The molecule has 0 aliphatic heterocycles. The van der Waals surface area contributed by atoms with E-state index in [4.69, 9.17) is 0 Å². The third kappa shape index (κ3) is 2.96. The molecule has 4 nitrogen and oxygen atoms in total. The van der Waals surface area contributed by atoms with Gasteiger partial charge in [0.2, 0.25) is 4.96 Å². The number of alkyl halides is 3. The van der Waals surface area contributed by atoms with Crippen molar-refractivity contribution in [3.05, 3.63) is 59.2 Å². The Labute approximate surface area is 150 Å².